The van der Waals surface area contributed by atoms with E-state index in [-0.39, 0.29) is 0 Å². The number of hydrogen-bond donors (Lipinski definition) is 0. The maximum Gasteiger partial charge on any atom is 0.164 e. The van der Waals surface area contributed by atoms with E-state index in [1.54, 1.807) is 0 Å². The maximum absolute atomic E-state index is 5.08. The number of aromatic nitrogens is 5. The van der Waals surface area contributed by atoms with Crippen LogP contribution in [0, 0.1) is 0 Å². The van der Waals surface area contributed by atoms with Crippen LogP contribution in [0.4, 0.5) is 0 Å². The van der Waals surface area contributed by atoms with Gasteiger partial charge in [-0.2, -0.15) is 0 Å². The molecule has 14 rings (SSSR count). The Kier molecular flexibility index (Phi) is 8.52. The van der Waals surface area contributed by atoms with Crippen LogP contribution in [0.15, 0.2) is 237 Å². The van der Waals surface area contributed by atoms with E-state index in [0.29, 0.717) is 17.5 Å². The van der Waals surface area contributed by atoms with Gasteiger partial charge in [0.25, 0.3) is 0 Å². The van der Waals surface area contributed by atoms with Gasteiger partial charge in [0, 0.05) is 49.3 Å². The predicted molar refractivity (Wildman–Crippen MR) is 283 cm³/mol. The minimum atomic E-state index is 0.630. The third-order valence-corrected chi connectivity index (χ3v) is 13.7. The quantitative estimate of drug-likeness (QED) is 0.167. The number of hydrogen-bond acceptors (Lipinski definition) is 3. The van der Waals surface area contributed by atoms with Crippen LogP contribution in [0.5, 0.6) is 0 Å². The Morgan fingerprint density at radius 2 is 0.824 bits per heavy atom. The van der Waals surface area contributed by atoms with Crippen molar-refractivity contribution in [3.63, 3.8) is 0 Å². The third kappa shape index (κ3) is 6.06. The van der Waals surface area contributed by atoms with Crippen LogP contribution in [0.2, 0.25) is 0 Å². The van der Waals surface area contributed by atoms with Crippen LogP contribution < -0.4 is 0 Å². The van der Waals surface area contributed by atoms with E-state index in [0.717, 1.165) is 55.4 Å². The first-order valence-corrected chi connectivity index (χ1v) is 23.1. The summed E-state index contributed by atoms with van der Waals surface area (Å²) in [7, 11) is 0. The number of benzene rings is 11. The van der Waals surface area contributed by atoms with Gasteiger partial charge in [-0.3, -0.25) is 0 Å². The summed E-state index contributed by atoms with van der Waals surface area (Å²) in [5.74, 6) is 1.91. The molecule has 0 radical (unpaired) electrons. The zero-order chi connectivity index (χ0) is 44.7. The first kappa shape index (κ1) is 38.1. The normalized spacial score (nSPS) is 11.8. The summed E-state index contributed by atoms with van der Waals surface area (Å²) in [5.41, 5.74) is 12.0. The van der Waals surface area contributed by atoms with Crippen molar-refractivity contribution < 1.29 is 0 Å². The highest BCUT2D eigenvalue weighted by Gasteiger charge is 2.22. The van der Waals surface area contributed by atoms with Gasteiger partial charge in [-0.25, -0.2) is 15.0 Å². The molecule has 3 heterocycles. The van der Waals surface area contributed by atoms with E-state index in [1.165, 1.54) is 59.7 Å². The highest BCUT2D eigenvalue weighted by Crippen LogP contribution is 2.44. The average molecular weight is 866 g/mol. The first-order chi connectivity index (χ1) is 33.7. The molecule has 0 saturated carbocycles. The second-order valence-corrected chi connectivity index (χ2v) is 17.6. The summed E-state index contributed by atoms with van der Waals surface area (Å²) in [4.78, 5) is 15.1. The summed E-state index contributed by atoms with van der Waals surface area (Å²) in [6, 6.07) is 84.9. The molecule has 0 bridgehead atoms. The van der Waals surface area contributed by atoms with Crippen molar-refractivity contribution in [2.24, 2.45) is 0 Å². The van der Waals surface area contributed by atoms with E-state index in [4.69, 9.17) is 15.0 Å². The summed E-state index contributed by atoms with van der Waals surface area (Å²) in [5, 5.41) is 12.0. The smallest absolute Gasteiger partial charge is 0.164 e. The first-order valence-electron chi connectivity index (χ1n) is 23.1. The molecular formula is C63H39N5. The van der Waals surface area contributed by atoms with Gasteiger partial charge >= 0.3 is 0 Å². The molecule has 5 heteroatoms. The standard InChI is InChI=1S/C63H39N5/c1-4-15-40(16-5-1)46-28-33-52-53-38-54-59(67(49-31-27-41-17-10-11-23-45(41)36-49)56-34-30-42-18-12-13-25-51(42)60(54)56)39-58(53)68(57(52)37-46)55-26-14-24-47-35-48(29-32-50(47)55)63-65-61(43-19-6-2-7-20-43)64-62(66-63)44-21-8-3-9-22-44/h1-39H. The van der Waals surface area contributed by atoms with Crippen molar-refractivity contribution in [2.75, 3.05) is 0 Å². The van der Waals surface area contributed by atoms with Crippen LogP contribution in [0.3, 0.4) is 0 Å². The largest absolute Gasteiger partial charge is 0.309 e. The number of rotatable bonds is 6. The fourth-order valence-electron chi connectivity index (χ4n) is 10.5. The van der Waals surface area contributed by atoms with Gasteiger partial charge in [0.05, 0.1) is 27.8 Å². The lowest BCUT2D eigenvalue weighted by atomic mass is 10.0. The minimum absolute atomic E-state index is 0.630. The van der Waals surface area contributed by atoms with Crippen LogP contribution in [0.1, 0.15) is 0 Å². The van der Waals surface area contributed by atoms with E-state index in [1.807, 2.05) is 60.7 Å². The Morgan fingerprint density at radius 3 is 1.57 bits per heavy atom. The highest BCUT2D eigenvalue weighted by atomic mass is 15.0. The SMILES string of the molecule is c1ccc(-c2ccc3c4cc5c6c7ccccc7ccc6n(-c6ccc7ccccc7c6)c5cc4n(-c4cccc5cc(-c6nc(-c7ccccc7)nc(-c7ccccc7)n6)ccc45)c3c2)cc1. The van der Waals surface area contributed by atoms with Gasteiger partial charge in [0.1, 0.15) is 0 Å². The summed E-state index contributed by atoms with van der Waals surface area (Å²) in [6.07, 6.45) is 0. The molecule has 0 atom stereocenters. The molecule has 0 unspecified atom stereocenters. The molecule has 0 fully saturated rings. The van der Waals surface area contributed by atoms with Gasteiger partial charge in [-0.05, 0) is 86.6 Å². The minimum Gasteiger partial charge on any atom is -0.309 e. The van der Waals surface area contributed by atoms with Crippen molar-refractivity contribution in [3.8, 4) is 56.7 Å². The van der Waals surface area contributed by atoms with Crippen molar-refractivity contribution in [2.45, 2.75) is 0 Å². The van der Waals surface area contributed by atoms with Crippen LogP contribution in [-0.2, 0) is 0 Å². The summed E-state index contributed by atoms with van der Waals surface area (Å²) < 4.78 is 4.96. The number of nitrogens with zero attached hydrogens (tertiary/aromatic N) is 5. The molecule has 3 aromatic heterocycles. The van der Waals surface area contributed by atoms with Crippen molar-refractivity contribution in [3.05, 3.63) is 237 Å². The molecule has 68 heavy (non-hydrogen) atoms. The van der Waals surface area contributed by atoms with E-state index < -0.39 is 0 Å². The molecule has 0 N–H and O–H groups in total. The lowest BCUT2D eigenvalue weighted by Crippen LogP contribution is -2.00. The van der Waals surface area contributed by atoms with Crippen molar-refractivity contribution >= 4 is 75.9 Å². The highest BCUT2D eigenvalue weighted by molar-refractivity contribution is 6.25. The zero-order valence-corrected chi connectivity index (χ0v) is 36.8. The van der Waals surface area contributed by atoms with E-state index in [9.17, 15) is 0 Å². The van der Waals surface area contributed by atoms with Gasteiger partial charge in [-0.15, -0.1) is 0 Å². The summed E-state index contributed by atoms with van der Waals surface area (Å²) >= 11 is 0. The molecular weight excluding hydrogens is 827 g/mol. The lowest BCUT2D eigenvalue weighted by molar-refractivity contribution is 1.07. The molecule has 0 aliphatic rings. The molecule has 0 aliphatic carbocycles. The Bertz CT molecular complexity index is 4250. The van der Waals surface area contributed by atoms with Gasteiger partial charge in [0.2, 0.25) is 0 Å². The van der Waals surface area contributed by atoms with Crippen molar-refractivity contribution in [1.29, 1.82) is 0 Å². The maximum atomic E-state index is 5.08. The van der Waals surface area contributed by atoms with Gasteiger partial charge < -0.3 is 9.13 Å². The Balaban J connectivity index is 1.04. The Morgan fingerprint density at radius 1 is 0.250 bits per heavy atom. The third-order valence-electron chi connectivity index (χ3n) is 13.7. The average Bonchev–Trinajstić information content (AvgIpc) is 3.91. The molecule has 0 amide bonds. The zero-order valence-electron chi connectivity index (χ0n) is 36.8. The second kappa shape index (κ2) is 15.2. The molecule has 316 valence electrons. The van der Waals surface area contributed by atoms with E-state index >= 15 is 0 Å². The predicted octanol–water partition coefficient (Wildman–Crippen LogP) is 16.2. The van der Waals surface area contributed by atoms with Crippen LogP contribution in [-0.4, -0.2) is 24.1 Å². The van der Waals surface area contributed by atoms with Crippen molar-refractivity contribution in [1.82, 2.24) is 24.1 Å². The van der Waals surface area contributed by atoms with Gasteiger partial charge in [0.15, 0.2) is 17.5 Å². The molecule has 0 spiro atoms. The van der Waals surface area contributed by atoms with Crippen LogP contribution >= 0.6 is 0 Å². The number of fused-ring (bicyclic) bond motifs is 10. The molecule has 0 aliphatic heterocycles. The van der Waals surface area contributed by atoms with E-state index in [2.05, 4.69) is 185 Å². The Labute approximate surface area is 391 Å². The fraction of sp³-hybridized carbons (Fsp3) is 0. The lowest BCUT2D eigenvalue weighted by Gasteiger charge is -2.14. The molecule has 0 saturated heterocycles. The second-order valence-electron chi connectivity index (χ2n) is 17.6. The monoisotopic (exact) mass is 865 g/mol. The molecule has 5 nitrogen and oxygen atoms in total. The molecule has 11 aromatic carbocycles. The molecule has 14 aromatic rings. The topological polar surface area (TPSA) is 48.5 Å². The van der Waals surface area contributed by atoms with Crippen LogP contribution in [0.25, 0.3) is 133 Å². The summed E-state index contributed by atoms with van der Waals surface area (Å²) in [6.45, 7) is 0. The van der Waals surface area contributed by atoms with Gasteiger partial charge in [-0.1, -0.05) is 188 Å². The Hall–Kier alpha value is -9.19. The fourth-order valence-corrected chi connectivity index (χ4v) is 10.5.